The highest BCUT2D eigenvalue weighted by molar-refractivity contribution is 7.24. The Bertz CT molecular complexity index is 172. The first-order chi connectivity index (χ1) is 5.38. The average molecular weight is 190 g/mol. The summed E-state index contributed by atoms with van der Waals surface area (Å²) in [6, 6.07) is 0. The van der Waals surface area contributed by atoms with Crippen molar-refractivity contribution in [3.8, 4) is 0 Å². The van der Waals surface area contributed by atoms with Gasteiger partial charge in [-0.15, -0.1) is 0 Å². The molecule has 3 nitrogen and oxygen atoms in total. The Hall–Kier alpha value is -0.430. The molecule has 0 fully saturated rings. The topological polar surface area (TPSA) is 54.4 Å². The average Bonchev–Trinajstić information content (AvgIpc) is 1.85. The highest BCUT2D eigenvalue weighted by atomic mass is 31.1. The summed E-state index contributed by atoms with van der Waals surface area (Å²) in [5.41, 5.74) is -0.146. The molecule has 0 aliphatic rings. The fourth-order valence-electron chi connectivity index (χ4n) is 0.904. The van der Waals surface area contributed by atoms with Gasteiger partial charge in [0.1, 0.15) is 0 Å². The summed E-state index contributed by atoms with van der Waals surface area (Å²) in [6.07, 6.45) is 0.571. The SMILES string of the molecule is CC(C)(C)[C@@H](CCC(=O)O)P=O. The minimum absolute atomic E-state index is 0.0460. The lowest BCUT2D eigenvalue weighted by Crippen LogP contribution is -2.21. The maximum absolute atomic E-state index is 10.7. The molecule has 0 unspecified atom stereocenters. The third-order valence-corrected chi connectivity index (χ3v) is 3.05. The van der Waals surface area contributed by atoms with E-state index in [2.05, 4.69) is 0 Å². The normalized spacial score (nSPS) is 14.6. The molecule has 0 rings (SSSR count). The van der Waals surface area contributed by atoms with Gasteiger partial charge in [-0.25, -0.2) is 0 Å². The van der Waals surface area contributed by atoms with Gasteiger partial charge < -0.3 is 5.11 Å². The third-order valence-electron chi connectivity index (χ3n) is 1.76. The van der Waals surface area contributed by atoms with Crippen LogP contribution in [0.15, 0.2) is 0 Å². The van der Waals surface area contributed by atoms with Crippen LogP contribution in [0.4, 0.5) is 0 Å². The van der Waals surface area contributed by atoms with E-state index in [1.807, 2.05) is 20.8 Å². The summed E-state index contributed by atoms with van der Waals surface area (Å²) in [5.74, 6) is -0.826. The summed E-state index contributed by atoms with van der Waals surface area (Å²) >= 11 is 0. The lowest BCUT2D eigenvalue weighted by atomic mass is 9.89. The number of aliphatic carboxylic acids is 1. The molecule has 12 heavy (non-hydrogen) atoms. The van der Waals surface area contributed by atoms with Crippen LogP contribution < -0.4 is 0 Å². The zero-order valence-electron chi connectivity index (χ0n) is 7.70. The summed E-state index contributed by atoms with van der Waals surface area (Å²) in [6.45, 7) is 5.89. The van der Waals surface area contributed by atoms with Crippen LogP contribution in [-0.2, 0) is 9.36 Å². The van der Waals surface area contributed by atoms with Crippen LogP contribution in [0.5, 0.6) is 0 Å². The predicted octanol–water partition coefficient (Wildman–Crippen LogP) is 2.56. The molecule has 1 atom stereocenters. The van der Waals surface area contributed by atoms with Crippen molar-refractivity contribution >= 4 is 14.4 Å². The van der Waals surface area contributed by atoms with Crippen LogP contribution in [0.25, 0.3) is 0 Å². The van der Waals surface area contributed by atoms with Crippen LogP contribution in [0.3, 0.4) is 0 Å². The molecule has 1 N–H and O–H groups in total. The van der Waals surface area contributed by atoms with Crippen molar-refractivity contribution < 1.29 is 14.5 Å². The van der Waals surface area contributed by atoms with Crippen molar-refractivity contribution in [1.29, 1.82) is 0 Å². The van der Waals surface area contributed by atoms with Crippen molar-refractivity contribution in [3.63, 3.8) is 0 Å². The van der Waals surface area contributed by atoms with E-state index in [9.17, 15) is 9.36 Å². The fraction of sp³-hybridized carbons (Fsp3) is 0.875. The molecule has 0 aromatic rings. The maximum atomic E-state index is 10.7. The third kappa shape index (κ3) is 4.45. The minimum Gasteiger partial charge on any atom is -0.481 e. The molecule has 0 amide bonds. The number of carbonyl (C=O) groups is 1. The molecule has 0 aliphatic carbocycles. The van der Waals surface area contributed by atoms with Gasteiger partial charge in [0.2, 0.25) is 0 Å². The smallest absolute Gasteiger partial charge is 0.303 e. The molecule has 0 aromatic carbocycles. The van der Waals surface area contributed by atoms with E-state index in [0.29, 0.717) is 6.42 Å². The summed E-state index contributed by atoms with van der Waals surface area (Å²) < 4.78 is 10.7. The molecule has 0 radical (unpaired) electrons. The standard InChI is InChI=1S/C8H15O3P/c1-8(2,3)6(12-11)4-5-7(9)10/h6H,4-5H2,1-3H3,(H,9,10)/t6-/m1/s1. The van der Waals surface area contributed by atoms with Gasteiger partial charge in [-0.2, -0.15) is 0 Å². The summed E-state index contributed by atoms with van der Waals surface area (Å²) in [4.78, 5) is 10.2. The maximum Gasteiger partial charge on any atom is 0.303 e. The first-order valence-electron chi connectivity index (χ1n) is 3.92. The number of hydrogen-bond acceptors (Lipinski definition) is 2. The zero-order valence-corrected chi connectivity index (χ0v) is 8.60. The zero-order chi connectivity index (χ0) is 9.78. The van der Waals surface area contributed by atoms with Crippen molar-refractivity contribution in [2.75, 3.05) is 0 Å². The Morgan fingerprint density at radius 3 is 2.25 bits per heavy atom. The van der Waals surface area contributed by atoms with E-state index in [1.165, 1.54) is 0 Å². The van der Waals surface area contributed by atoms with Crippen LogP contribution in [0.2, 0.25) is 0 Å². The lowest BCUT2D eigenvalue weighted by molar-refractivity contribution is -0.137. The molecular weight excluding hydrogens is 175 g/mol. The molecule has 4 heteroatoms. The van der Waals surface area contributed by atoms with Crippen LogP contribution in [-0.4, -0.2) is 16.7 Å². The Labute approximate surface area is 74.4 Å². The minimum atomic E-state index is -0.826. The van der Waals surface area contributed by atoms with Gasteiger partial charge >= 0.3 is 5.97 Å². The van der Waals surface area contributed by atoms with Gasteiger partial charge in [-0.3, -0.25) is 9.36 Å². The number of carboxylic acid groups (broad SMARTS) is 1. The van der Waals surface area contributed by atoms with E-state index in [-0.39, 0.29) is 26.0 Å². The van der Waals surface area contributed by atoms with E-state index < -0.39 is 5.97 Å². The first kappa shape index (κ1) is 11.6. The largest absolute Gasteiger partial charge is 0.481 e. The number of carboxylic acids is 1. The van der Waals surface area contributed by atoms with E-state index in [1.54, 1.807) is 0 Å². The second kappa shape index (κ2) is 4.56. The molecule has 0 aliphatic heterocycles. The molecule has 0 bridgehead atoms. The van der Waals surface area contributed by atoms with Crippen molar-refractivity contribution in [2.45, 2.75) is 39.3 Å². The Morgan fingerprint density at radius 1 is 1.50 bits per heavy atom. The second-order valence-electron chi connectivity index (χ2n) is 3.92. The Balaban J connectivity index is 4.01. The van der Waals surface area contributed by atoms with Gasteiger partial charge in [-0.1, -0.05) is 20.8 Å². The second-order valence-corrected chi connectivity index (χ2v) is 4.75. The number of hydrogen-bond donors (Lipinski definition) is 1. The quantitative estimate of drug-likeness (QED) is 0.693. The van der Waals surface area contributed by atoms with Gasteiger partial charge in [0.25, 0.3) is 0 Å². The monoisotopic (exact) mass is 190 g/mol. The first-order valence-corrected chi connectivity index (χ1v) is 4.80. The van der Waals surface area contributed by atoms with Gasteiger partial charge in [0, 0.05) is 12.1 Å². The van der Waals surface area contributed by atoms with Crippen LogP contribution >= 0.6 is 8.46 Å². The van der Waals surface area contributed by atoms with Gasteiger partial charge in [-0.05, 0) is 11.8 Å². The highest BCUT2D eigenvalue weighted by Gasteiger charge is 2.25. The van der Waals surface area contributed by atoms with Gasteiger partial charge in [0.15, 0.2) is 8.46 Å². The molecule has 70 valence electrons. The summed E-state index contributed by atoms with van der Waals surface area (Å²) in [7, 11) is 0.0460. The van der Waals surface area contributed by atoms with E-state index >= 15 is 0 Å². The predicted molar refractivity (Wildman–Crippen MR) is 47.7 cm³/mol. The number of rotatable bonds is 4. The molecule has 0 saturated heterocycles. The Kier molecular flexibility index (Phi) is 4.40. The highest BCUT2D eigenvalue weighted by Crippen LogP contribution is 2.32. The van der Waals surface area contributed by atoms with Gasteiger partial charge in [0.05, 0.1) is 0 Å². The van der Waals surface area contributed by atoms with E-state index in [0.717, 1.165) is 0 Å². The van der Waals surface area contributed by atoms with Crippen LogP contribution in [0, 0.1) is 5.41 Å². The van der Waals surface area contributed by atoms with Crippen molar-refractivity contribution in [3.05, 3.63) is 0 Å². The summed E-state index contributed by atoms with van der Waals surface area (Å²) in [5, 5.41) is 8.42. The van der Waals surface area contributed by atoms with E-state index in [4.69, 9.17) is 5.11 Å². The molecule has 0 heterocycles. The van der Waals surface area contributed by atoms with Crippen molar-refractivity contribution in [2.24, 2.45) is 5.41 Å². The van der Waals surface area contributed by atoms with Crippen LogP contribution in [0.1, 0.15) is 33.6 Å². The molecular formula is C8H15O3P. The molecule has 0 saturated carbocycles. The lowest BCUT2D eigenvalue weighted by Gasteiger charge is -2.24. The Morgan fingerprint density at radius 2 is 2.00 bits per heavy atom. The molecule has 0 spiro atoms. The molecule has 0 aromatic heterocycles. The van der Waals surface area contributed by atoms with Crippen molar-refractivity contribution in [1.82, 2.24) is 0 Å². The fourth-order valence-corrected chi connectivity index (χ4v) is 1.45.